The first-order valence-electron chi connectivity index (χ1n) is 10.8. The molecule has 1 heterocycles. The van der Waals surface area contributed by atoms with Crippen LogP contribution in [0.1, 0.15) is 49.0 Å². The molecular weight excluding hydrogens is 423 g/mol. The summed E-state index contributed by atoms with van der Waals surface area (Å²) in [5, 5.41) is 14.0. The Morgan fingerprint density at radius 1 is 1.28 bits per heavy atom. The summed E-state index contributed by atoms with van der Waals surface area (Å²) in [5.41, 5.74) is 3.86. The zero-order valence-electron chi connectivity index (χ0n) is 17.7. The average molecular weight is 449 g/mol. The molecule has 0 radical (unpaired) electrons. The Labute approximate surface area is 184 Å². The number of aliphatic hydroxyl groups is 1. The summed E-state index contributed by atoms with van der Waals surface area (Å²) in [6.45, 7) is 2.75. The van der Waals surface area contributed by atoms with Crippen molar-refractivity contribution < 1.29 is 32.5 Å². The number of rotatable bonds is 8. The molecule has 0 bridgehead atoms. The molecule has 1 aliphatic carbocycles. The minimum atomic E-state index is -4.76. The fraction of sp³-hybridized carbons (Fsp3) is 0.458. The summed E-state index contributed by atoms with van der Waals surface area (Å²) in [5.74, 6) is 0.881. The highest BCUT2D eigenvalue weighted by Crippen LogP contribution is 2.47. The number of ether oxygens (including phenoxy) is 2. The first kappa shape index (κ1) is 22.5. The predicted octanol–water partition coefficient (Wildman–Crippen LogP) is 4.90. The number of hydrogen-bond acceptors (Lipinski definition) is 4. The van der Waals surface area contributed by atoms with Crippen LogP contribution in [0.25, 0.3) is 11.1 Å². The van der Waals surface area contributed by atoms with Gasteiger partial charge in [0.05, 0.1) is 12.7 Å². The average Bonchev–Trinajstić information content (AvgIpc) is 3.18. The summed E-state index contributed by atoms with van der Waals surface area (Å²) in [6, 6.07) is 7.46. The molecule has 2 aliphatic rings. The molecule has 2 unspecified atom stereocenters. The Bertz CT molecular complexity index is 971. The first-order valence-corrected chi connectivity index (χ1v) is 10.8. The van der Waals surface area contributed by atoms with Crippen LogP contribution in [0.2, 0.25) is 0 Å². The van der Waals surface area contributed by atoms with E-state index in [1.54, 1.807) is 12.1 Å². The Morgan fingerprint density at radius 2 is 2.00 bits per heavy atom. The molecule has 0 saturated heterocycles. The highest BCUT2D eigenvalue weighted by molar-refractivity contribution is 5.76. The van der Waals surface area contributed by atoms with Crippen molar-refractivity contribution >= 4 is 6.41 Å². The van der Waals surface area contributed by atoms with Gasteiger partial charge in [-0.1, -0.05) is 38.3 Å². The number of carbonyl (C=O) groups excluding carboxylic acids is 1. The lowest BCUT2D eigenvalue weighted by molar-refractivity contribution is -0.274. The van der Waals surface area contributed by atoms with E-state index in [2.05, 4.69) is 17.0 Å². The Kier molecular flexibility index (Phi) is 6.33. The van der Waals surface area contributed by atoms with E-state index in [1.165, 1.54) is 18.6 Å². The lowest BCUT2D eigenvalue weighted by Gasteiger charge is -2.35. The van der Waals surface area contributed by atoms with Crippen LogP contribution in [0, 0.1) is 11.8 Å². The molecular formula is C24H26F3NO4. The molecule has 2 aromatic carbocycles. The van der Waals surface area contributed by atoms with Crippen LogP contribution in [0.15, 0.2) is 30.3 Å². The van der Waals surface area contributed by atoms with E-state index in [0.29, 0.717) is 42.2 Å². The molecule has 32 heavy (non-hydrogen) atoms. The number of carbonyl (C=O) groups is 1. The third-order valence-corrected chi connectivity index (χ3v) is 6.57. The summed E-state index contributed by atoms with van der Waals surface area (Å²) in [4.78, 5) is 11.0. The molecule has 2 atom stereocenters. The van der Waals surface area contributed by atoms with Crippen molar-refractivity contribution in [2.24, 2.45) is 11.8 Å². The molecule has 0 spiro atoms. The van der Waals surface area contributed by atoms with E-state index in [-0.39, 0.29) is 18.2 Å². The van der Waals surface area contributed by atoms with Gasteiger partial charge in [0.25, 0.3) is 0 Å². The van der Waals surface area contributed by atoms with Crippen molar-refractivity contribution in [1.82, 2.24) is 5.32 Å². The normalized spacial score (nSPS) is 17.7. The number of amides is 1. The number of aliphatic hydroxyl groups excluding tert-OH is 1. The standard InChI is InChI=1S/C24H26F3NO4/c1-14(15-3-2-4-15)22(30)21-17(12-28-13-29)11-20(23-19(21)9-10-31-23)16-5-7-18(8-6-16)32-24(25,26)27/h5-8,11,13-15,22,30H,2-4,9-10,12H2,1H3,(H,28,29). The van der Waals surface area contributed by atoms with Gasteiger partial charge in [-0.25, -0.2) is 0 Å². The largest absolute Gasteiger partial charge is 0.573 e. The Hall–Kier alpha value is -2.74. The molecule has 5 nitrogen and oxygen atoms in total. The van der Waals surface area contributed by atoms with Gasteiger partial charge in [0.1, 0.15) is 11.5 Å². The molecule has 172 valence electrons. The minimum Gasteiger partial charge on any atom is -0.492 e. The van der Waals surface area contributed by atoms with Crippen LogP contribution in [-0.2, 0) is 17.8 Å². The van der Waals surface area contributed by atoms with E-state index in [4.69, 9.17) is 4.74 Å². The number of fused-ring (bicyclic) bond motifs is 1. The van der Waals surface area contributed by atoms with Gasteiger partial charge in [0.15, 0.2) is 0 Å². The maximum Gasteiger partial charge on any atom is 0.573 e. The number of halogens is 3. The summed E-state index contributed by atoms with van der Waals surface area (Å²) < 4.78 is 47.3. The lowest BCUT2D eigenvalue weighted by Crippen LogP contribution is -2.27. The topological polar surface area (TPSA) is 67.8 Å². The van der Waals surface area contributed by atoms with E-state index in [0.717, 1.165) is 29.5 Å². The lowest BCUT2D eigenvalue weighted by atomic mass is 9.72. The van der Waals surface area contributed by atoms with Crippen LogP contribution >= 0.6 is 0 Å². The second kappa shape index (κ2) is 9.02. The van der Waals surface area contributed by atoms with Gasteiger partial charge in [0, 0.05) is 24.1 Å². The van der Waals surface area contributed by atoms with Crippen LogP contribution in [0.4, 0.5) is 13.2 Å². The van der Waals surface area contributed by atoms with E-state index < -0.39 is 12.5 Å². The molecule has 4 rings (SSSR count). The van der Waals surface area contributed by atoms with Gasteiger partial charge >= 0.3 is 6.36 Å². The van der Waals surface area contributed by atoms with Crippen LogP contribution in [0.5, 0.6) is 11.5 Å². The molecule has 1 aliphatic heterocycles. The van der Waals surface area contributed by atoms with Gasteiger partial charge in [-0.05, 0) is 46.7 Å². The zero-order valence-corrected chi connectivity index (χ0v) is 17.7. The van der Waals surface area contributed by atoms with E-state index in [1.807, 2.05) is 6.07 Å². The maximum absolute atomic E-state index is 12.5. The highest BCUT2D eigenvalue weighted by Gasteiger charge is 2.35. The predicted molar refractivity (Wildman–Crippen MR) is 112 cm³/mol. The van der Waals surface area contributed by atoms with E-state index in [9.17, 15) is 23.1 Å². The second-order valence-electron chi connectivity index (χ2n) is 8.47. The third kappa shape index (κ3) is 4.55. The first-order chi connectivity index (χ1) is 15.3. The summed E-state index contributed by atoms with van der Waals surface area (Å²) in [6.07, 6.45) is -0.832. The zero-order chi connectivity index (χ0) is 22.9. The number of alkyl halides is 3. The third-order valence-electron chi connectivity index (χ3n) is 6.57. The smallest absolute Gasteiger partial charge is 0.492 e. The molecule has 1 amide bonds. The molecule has 0 aromatic heterocycles. The molecule has 8 heteroatoms. The number of nitrogens with one attached hydrogen (secondary N) is 1. The minimum absolute atomic E-state index is 0.0769. The highest BCUT2D eigenvalue weighted by atomic mass is 19.4. The second-order valence-corrected chi connectivity index (χ2v) is 8.47. The quantitative estimate of drug-likeness (QED) is 0.563. The van der Waals surface area contributed by atoms with Gasteiger partial charge in [-0.2, -0.15) is 0 Å². The number of benzene rings is 2. The van der Waals surface area contributed by atoms with E-state index >= 15 is 0 Å². The molecule has 1 fully saturated rings. The van der Waals surface area contributed by atoms with Crippen LogP contribution in [0.3, 0.4) is 0 Å². The SMILES string of the molecule is CC(C1CCC1)C(O)c1c(CNC=O)cc(-c2ccc(OC(F)(F)F)cc2)c2c1CCO2. The molecule has 2 N–H and O–H groups in total. The van der Waals surface area contributed by atoms with Crippen LogP contribution in [-0.4, -0.2) is 24.5 Å². The van der Waals surface area contributed by atoms with Crippen molar-refractivity contribution in [3.8, 4) is 22.6 Å². The Balaban J connectivity index is 1.74. The number of hydrogen-bond donors (Lipinski definition) is 2. The van der Waals surface area contributed by atoms with Crippen molar-refractivity contribution in [1.29, 1.82) is 0 Å². The van der Waals surface area contributed by atoms with Crippen molar-refractivity contribution in [2.45, 2.75) is 51.6 Å². The fourth-order valence-electron chi connectivity index (χ4n) is 4.67. The molecule has 2 aromatic rings. The Morgan fingerprint density at radius 3 is 2.59 bits per heavy atom. The summed E-state index contributed by atoms with van der Waals surface area (Å²) in [7, 11) is 0. The molecule has 1 saturated carbocycles. The van der Waals surface area contributed by atoms with Crippen molar-refractivity contribution in [3.05, 3.63) is 47.0 Å². The van der Waals surface area contributed by atoms with Gasteiger partial charge < -0.3 is 19.9 Å². The van der Waals surface area contributed by atoms with Crippen molar-refractivity contribution in [3.63, 3.8) is 0 Å². The summed E-state index contributed by atoms with van der Waals surface area (Å²) >= 11 is 0. The van der Waals surface area contributed by atoms with Crippen molar-refractivity contribution in [2.75, 3.05) is 6.61 Å². The fourth-order valence-corrected chi connectivity index (χ4v) is 4.67. The van der Waals surface area contributed by atoms with Gasteiger partial charge in [-0.15, -0.1) is 13.2 Å². The monoisotopic (exact) mass is 449 g/mol. The maximum atomic E-state index is 12.5. The van der Waals surface area contributed by atoms with Gasteiger partial charge in [-0.3, -0.25) is 4.79 Å². The van der Waals surface area contributed by atoms with Gasteiger partial charge in [0.2, 0.25) is 6.41 Å². The van der Waals surface area contributed by atoms with Crippen LogP contribution < -0.4 is 14.8 Å².